The van der Waals surface area contributed by atoms with Gasteiger partial charge in [0.25, 0.3) is 0 Å². The fourth-order valence-electron chi connectivity index (χ4n) is 8.70. The monoisotopic (exact) mass is 769 g/mol. The minimum atomic E-state index is -0.398. The molecule has 11 aromatic rings. The fourth-order valence-corrected chi connectivity index (χ4v) is 8.70. The number of aromatic nitrogens is 1. The lowest BCUT2D eigenvalue weighted by molar-refractivity contribution is 1.19. The lowest BCUT2D eigenvalue weighted by Gasteiger charge is -2.30. The first-order chi connectivity index (χ1) is 31.9. The molecule has 0 saturated heterocycles. The average molecular weight is 770 g/mol. The first-order valence-corrected chi connectivity index (χ1v) is 20.2. The molecule has 0 aliphatic carbocycles. The van der Waals surface area contributed by atoms with Gasteiger partial charge >= 0.3 is 0 Å². The average Bonchev–Trinajstić information content (AvgIpc) is 3.71. The van der Waals surface area contributed by atoms with Crippen LogP contribution in [0.15, 0.2) is 243 Å². The van der Waals surface area contributed by atoms with Crippen LogP contribution in [0.1, 0.15) is 6.85 Å². The molecule has 0 spiro atoms. The van der Waals surface area contributed by atoms with Gasteiger partial charge in [0.2, 0.25) is 0 Å². The van der Waals surface area contributed by atoms with Crippen LogP contribution >= 0.6 is 0 Å². The Balaban J connectivity index is 1.07. The summed E-state index contributed by atoms with van der Waals surface area (Å²) in [6.45, 7) is 0. The van der Waals surface area contributed by atoms with E-state index in [2.05, 4.69) is 191 Å². The van der Waals surface area contributed by atoms with E-state index >= 15 is 0 Å². The highest BCUT2D eigenvalue weighted by Crippen LogP contribution is 2.47. The normalized spacial score (nSPS) is 12.5. The first-order valence-electron chi connectivity index (χ1n) is 22.7. The van der Waals surface area contributed by atoms with E-state index in [1.54, 1.807) is 0 Å². The zero-order valence-corrected chi connectivity index (χ0v) is 32.6. The third-order valence-corrected chi connectivity index (χ3v) is 11.5. The minimum absolute atomic E-state index is 0.193. The van der Waals surface area contributed by atoms with E-state index in [4.69, 9.17) is 6.85 Å². The summed E-state index contributed by atoms with van der Waals surface area (Å²) in [5.74, 6) is 0. The second kappa shape index (κ2) is 15.1. The number of nitrogens with zero attached hydrogens (tertiary/aromatic N) is 2. The number of para-hydroxylation sites is 3. The van der Waals surface area contributed by atoms with Gasteiger partial charge in [-0.3, -0.25) is 0 Å². The predicted octanol–water partition coefficient (Wildman–Crippen LogP) is 16.1. The van der Waals surface area contributed by atoms with Crippen LogP contribution in [-0.2, 0) is 0 Å². The number of fused-ring (bicyclic) bond motifs is 4. The van der Waals surface area contributed by atoms with Crippen molar-refractivity contribution in [3.8, 4) is 50.2 Å². The van der Waals surface area contributed by atoms with Crippen molar-refractivity contribution in [1.82, 2.24) is 4.57 Å². The van der Waals surface area contributed by atoms with Crippen molar-refractivity contribution in [3.63, 3.8) is 0 Å². The topological polar surface area (TPSA) is 8.17 Å². The van der Waals surface area contributed by atoms with Crippen molar-refractivity contribution < 1.29 is 6.85 Å². The third kappa shape index (κ3) is 6.23. The van der Waals surface area contributed by atoms with Crippen molar-refractivity contribution in [2.75, 3.05) is 4.90 Å². The lowest BCUT2D eigenvalue weighted by Crippen LogP contribution is -2.12. The quantitative estimate of drug-likeness (QED) is 0.149. The van der Waals surface area contributed by atoms with E-state index in [-0.39, 0.29) is 29.7 Å². The van der Waals surface area contributed by atoms with Crippen LogP contribution in [0.4, 0.5) is 17.1 Å². The fraction of sp³-hybridized carbons (Fsp3) is 0. The van der Waals surface area contributed by atoms with Crippen molar-refractivity contribution >= 4 is 49.6 Å². The molecule has 2 nitrogen and oxygen atoms in total. The van der Waals surface area contributed by atoms with Gasteiger partial charge in [0, 0.05) is 33.3 Å². The van der Waals surface area contributed by atoms with Gasteiger partial charge in [-0.2, -0.15) is 0 Å². The highest BCUT2D eigenvalue weighted by molar-refractivity contribution is 6.17. The molecule has 1 heterocycles. The summed E-state index contributed by atoms with van der Waals surface area (Å²) >= 11 is 0. The van der Waals surface area contributed by atoms with Crippen molar-refractivity contribution in [2.45, 2.75) is 0 Å². The van der Waals surface area contributed by atoms with Gasteiger partial charge in [-0.15, -0.1) is 0 Å². The van der Waals surface area contributed by atoms with E-state index in [0.29, 0.717) is 5.56 Å². The van der Waals surface area contributed by atoms with E-state index in [1.165, 1.54) is 21.5 Å². The molecule has 10 aromatic carbocycles. The van der Waals surface area contributed by atoms with Gasteiger partial charge in [0.15, 0.2) is 0 Å². The SMILES string of the molecule is [2H]c1c([2H])c([2H])c(-c2ccc(-c3ccc(N(c4ccccc4-c4ccccc4)c4ccccc4-c4cccc5c4c4ccccc4n5-c4ccc5ccccc5c4)cc3)cc2)c([2H])c1[2H]. The number of anilines is 3. The number of rotatable bonds is 8. The number of hydrogen-bond donors (Lipinski definition) is 0. The van der Waals surface area contributed by atoms with Crippen molar-refractivity contribution in [3.05, 3.63) is 243 Å². The standard InChI is InChI=1S/C58H40N2/c1-3-16-41(17-4-1)43-30-32-44(33-31-43)45-34-37-48(38-35-45)59(54-26-12-9-22-50(54)46-19-5-2-6-20-46)55-27-13-10-23-51(55)52-25-15-29-57-58(52)53-24-11-14-28-56(53)60(57)49-39-36-42-18-7-8-21-47(42)40-49/h1-40H/i1D,3D,4D,16D,17D. The number of hydrogen-bond acceptors (Lipinski definition) is 1. The maximum atomic E-state index is 8.49. The summed E-state index contributed by atoms with van der Waals surface area (Å²) < 4.78 is 43.8. The summed E-state index contributed by atoms with van der Waals surface area (Å²) in [5, 5.41) is 4.77. The molecule has 0 unspecified atom stereocenters. The molecule has 282 valence electrons. The molecule has 1 aromatic heterocycles. The largest absolute Gasteiger partial charge is 0.309 e. The molecule has 60 heavy (non-hydrogen) atoms. The Kier molecular flexibility index (Phi) is 7.59. The van der Waals surface area contributed by atoms with Crippen LogP contribution < -0.4 is 4.90 Å². The van der Waals surface area contributed by atoms with Gasteiger partial charge in [-0.25, -0.2) is 0 Å². The van der Waals surface area contributed by atoms with Crippen LogP contribution in [0.2, 0.25) is 0 Å². The molecule has 0 fully saturated rings. The highest BCUT2D eigenvalue weighted by atomic mass is 15.1. The molecule has 0 radical (unpaired) electrons. The molecule has 0 bridgehead atoms. The molecular formula is C58H40N2. The van der Waals surface area contributed by atoms with E-state index in [0.717, 1.165) is 67.2 Å². The zero-order valence-electron chi connectivity index (χ0n) is 37.6. The molecule has 11 rings (SSSR count). The van der Waals surface area contributed by atoms with E-state index in [1.807, 2.05) is 30.3 Å². The Hall–Kier alpha value is -7.94. The smallest absolute Gasteiger partial charge is 0.0629 e. The second-order valence-electron chi connectivity index (χ2n) is 14.9. The molecule has 2 heteroatoms. The van der Waals surface area contributed by atoms with Gasteiger partial charge in [0.1, 0.15) is 0 Å². The molecule has 0 saturated carbocycles. The summed E-state index contributed by atoms with van der Waals surface area (Å²) in [7, 11) is 0. The maximum Gasteiger partial charge on any atom is 0.0629 e. The van der Waals surface area contributed by atoms with Crippen LogP contribution in [0.3, 0.4) is 0 Å². The Morgan fingerprint density at radius 3 is 1.70 bits per heavy atom. The maximum absolute atomic E-state index is 8.49. The Morgan fingerprint density at radius 2 is 0.933 bits per heavy atom. The Morgan fingerprint density at radius 1 is 0.367 bits per heavy atom. The predicted molar refractivity (Wildman–Crippen MR) is 255 cm³/mol. The molecule has 0 N–H and O–H groups in total. The van der Waals surface area contributed by atoms with Crippen LogP contribution in [-0.4, -0.2) is 4.57 Å². The zero-order chi connectivity index (χ0) is 44.2. The molecular weight excluding hydrogens is 725 g/mol. The van der Waals surface area contributed by atoms with Crippen molar-refractivity contribution in [1.29, 1.82) is 0 Å². The van der Waals surface area contributed by atoms with Gasteiger partial charge in [-0.1, -0.05) is 194 Å². The Bertz CT molecular complexity index is 3570. The summed E-state index contributed by atoms with van der Waals surface area (Å²) in [4.78, 5) is 2.37. The van der Waals surface area contributed by atoms with Gasteiger partial charge in [0.05, 0.1) is 29.3 Å². The molecule has 0 atom stereocenters. The van der Waals surface area contributed by atoms with Crippen LogP contribution in [0.25, 0.3) is 82.8 Å². The minimum Gasteiger partial charge on any atom is -0.309 e. The van der Waals surface area contributed by atoms with Crippen LogP contribution in [0, 0.1) is 0 Å². The molecule has 0 aliphatic heterocycles. The molecule has 0 aliphatic rings. The van der Waals surface area contributed by atoms with Crippen molar-refractivity contribution in [2.24, 2.45) is 0 Å². The van der Waals surface area contributed by atoms with Crippen LogP contribution in [0.5, 0.6) is 0 Å². The summed E-state index contributed by atoms with van der Waals surface area (Å²) in [6, 6.07) is 72.9. The Labute approximate surface area is 357 Å². The third-order valence-electron chi connectivity index (χ3n) is 11.5. The highest BCUT2D eigenvalue weighted by Gasteiger charge is 2.23. The summed E-state index contributed by atoms with van der Waals surface area (Å²) in [6.07, 6.45) is 0. The van der Waals surface area contributed by atoms with Gasteiger partial charge < -0.3 is 9.47 Å². The second-order valence-corrected chi connectivity index (χ2v) is 14.9. The van der Waals surface area contributed by atoms with E-state index in [9.17, 15) is 0 Å². The van der Waals surface area contributed by atoms with Gasteiger partial charge in [-0.05, 0) is 92.7 Å². The summed E-state index contributed by atoms with van der Waals surface area (Å²) in [5.41, 5.74) is 13.6. The molecule has 0 amide bonds. The lowest BCUT2D eigenvalue weighted by atomic mass is 9.95. The number of benzene rings is 10. The van der Waals surface area contributed by atoms with E-state index < -0.39 is 6.04 Å². The first kappa shape index (κ1) is 30.2.